The Balaban J connectivity index is 2.74. The average Bonchev–Trinajstić information content (AvgIpc) is 2.74. The molecule has 0 saturated heterocycles. The van der Waals surface area contributed by atoms with Gasteiger partial charge in [0.05, 0.1) is 31.1 Å². The Morgan fingerprint density at radius 3 is 2.33 bits per heavy atom. The number of ether oxygens (including phenoxy) is 2. The first-order chi connectivity index (χ1) is 8.62. The van der Waals surface area contributed by atoms with Gasteiger partial charge in [0.15, 0.2) is 11.5 Å². The summed E-state index contributed by atoms with van der Waals surface area (Å²) in [6, 6.07) is 3.75. The summed E-state index contributed by atoms with van der Waals surface area (Å²) in [7, 11) is 7.10. The fourth-order valence-electron chi connectivity index (χ4n) is 1.97. The van der Waals surface area contributed by atoms with Crippen LogP contribution in [0.2, 0.25) is 0 Å². The van der Waals surface area contributed by atoms with Crippen LogP contribution < -0.4 is 14.5 Å². The summed E-state index contributed by atoms with van der Waals surface area (Å²) in [5.74, 6) is 2.47. The van der Waals surface area contributed by atoms with Crippen LogP contribution in [0.3, 0.4) is 0 Å². The van der Waals surface area contributed by atoms with Crippen molar-refractivity contribution in [2.45, 2.75) is 5.88 Å². The predicted octanol–water partition coefficient (Wildman–Crippen LogP) is 1.99. The van der Waals surface area contributed by atoms with Crippen molar-refractivity contribution in [3.63, 3.8) is 0 Å². The Morgan fingerprint density at radius 1 is 1.22 bits per heavy atom. The number of halogens is 1. The monoisotopic (exact) mass is 269 g/mol. The number of alkyl halides is 1. The number of methoxy groups -OCH3 is 2. The van der Waals surface area contributed by atoms with Crippen LogP contribution in [-0.2, 0) is 5.88 Å². The molecule has 0 atom stereocenters. The van der Waals surface area contributed by atoms with Crippen molar-refractivity contribution < 1.29 is 9.47 Å². The van der Waals surface area contributed by atoms with Crippen LogP contribution in [-0.4, -0.2) is 38.0 Å². The molecule has 0 bridgehead atoms. The number of rotatable bonds is 4. The molecule has 0 spiro atoms. The summed E-state index contributed by atoms with van der Waals surface area (Å²) in [4.78, 5) is 4.49. The molecule has 2 rings (SSSR count). The van der Waals surface area contributed by atoms with Crippen LogP contribution in [0.15, 0.2) is 12.1 Å². The SMILES string of the molecule is COc1cc2nc(CCl)n(N(C)C)c2cc1OC. The maximum absolute atomic E-state index is 5.92. The molecule has 0 N–H and O–H groups in total. The molecule has 18 heavy (non-hydrogen) atoms. The maximum Gasteiger partial charge on any atom is 0.163 e. The molecule has 98 valence electrons. The van der Waals surface area contributed by atoms with Gasteiger partial charge < -0.3 is 14.5 Å². The van der Waals surface area contributed by atoms with Crippen LogP contribution in [0.4, 0.5) is 0 Å². The van der Waals surface area contributed by atoms with Crippen molar-refractivity contribution in [1.29, 1.82) is 0 Å². The van der Waals surface area contributed by atoms with Gasteiger partial charge in [-0.2, -0.15) is 0 Å². The van der Waals surface area contributed by atoms with E-state index in [-0.39, 0.29) is 0 Å². The van der Waals surface area contributed by atoms with Gasteiger partial charge in [0.1, 0.15) is 5.82 Å². The van der Waals surface area contributed by atoms with E-state index in [2.05, 4.69) is 4.98 Å². The van der Waals surface area contributed by atoms with E-state index < -0.39 is 0 Å². The van der Waals surface area contributed by atoms with Crippen molar-refractivity contribution in [1.82, 2.24) is 9.66 Å². The van der Waals surface area contributed by atoms with E-state index in [1.165, 1.54) is 0 Å². The van der Waals surface area contributed by atoms with Gasteiger partial charge in [0.25, 0.3) is 0 Å². The Morgan fingerprint density at radius 2 is 1.83 bits per heavy atom. The van der Waals surface area contributed by atoms with E-state index in [4.69, 9.17) is 21.1 Å². The van der Waals surface area contributed by atoms with Crippen LogP contribution in [0.5, 0.6) is 11.5 Å². The third-order valence-electron chi connectivity index (χ3n) is 2.72. The number of nitrogens with zero attached hydrogens (tertiary/aromatic N) is 3. The molecule has 0 unspecified atom stereocenters. The highest BCUT2D eigenvalue weighted by Gasteiger charge is 2.15. The Kier molecular flexibility index (Phi) is 3.52. The molecule has 0 aliphatic heterocycles. The number of aromatic nitrogens is 2. The molecule has 0 saturated carbocycles. The van der Waals surface area contributed by atoms with Crippen LogP contribution in [0.25, 0.3) is 11.0 Å². The fourth-order valence-corrected chi connectivity index (χ4v) is 2.15. The maximum atomic E-state index is 5.92. The Labute approximate surface area is 111 Å². The van der Waals surface area contributed by atoms with Crippen LogP contribution in [0, 0.1) is 0 Å². The molecule has 5 nitrogen and oxygen atoms in total. The Hall–Kier alpha value is -1.62. The number of imidazole rings is 1. The van der Waals surface area contributed by atoms with Crippen molar-refractivity contribution in [3.8, 4) is 11.5 Å². The van der Waals surface area contributed by atoms with Gasteiger partial charge in [-0.3, -0.25) is 0 Å². The lowest BCUT2D eigenvalue weighted by molar-refractivity contribution is 0.355. The molecular weight excluding hydrogens is 254 g/mol. The quantitative estimate of drug-likeness (QED) is 0.796. The number of benzene rings is 1. The van der Waals surface area contributed by atoms with E-state index in [1.807, 2.05) is 35.9 Å². The summed E-state index contributed by atoms with van der Waals surface area (Å²) in [5.41, 5.74) is 1.77. The molecule has 1 aromatic heterocycles. The molecule has 0 fully saturated rings. The molecule has 6 heteroatoms. The fraction of sp³-hybridized carbons (Fsp3) is 0.417. The molecule has 2 aromatic rings. The zero-order valence-corrected chi connectivity index (χ0v) is 11.7. The highest BCUT2D eigenvalue weighted by molar-refractivity contribution is 6.16. The highest BCUT2D eigenvalue weighted by atomic mass is 35.5. The van der Waals surface area contributed by atoms with Crippen molar-refractivity contribution >= 4 is 22.6 Å². The molecule has 0 amide bonds. The van der Waals surface area contributed by atoms with Gasteiger partial charge in [-0.05, 0) is 0 Å². The van der Waals surface area contributed by atoms with Gasteiger partial charge in [-0.25, -0.2) is 9.66 Å². The number of fused-ring (bicyclic) bond motifs is 1. The summed E-state index contributed by atoms with van der Waals surface area (Å²) < 4.78 is 12.5. The topological polar surface area (TPSA) is 39.5 Å². The molecular formula is C12H16ClN3O2. The lowest BCUT2D eigenvalue weighted by Crippen LogP contribution is -2.26. The zero-order valence-electron chi connectivity index (χ0n) is 10.9. The second kappa shape index (κ2) is 4.94. The van der Waals surface area contributed by atoms with Crippen LogP contribution >= 0.6 is 11.6 Å². The number of hydrogen-bond acceptors (Lipinski definition) is 4. The summed E-state index contributed by atoms with van der Waals surface area (Å²) >= 11 is 5.92. The third-order valence-corrected chi connectivity index (χ3v) is 2.96. The first-order valence-electron chi connectivity index (χ1n) is 5.49. The van der Waals surface area contributed by atoms with Crippen LogP contribution in [0.1, 0.15) is 5.82 Å². The lowest BCUT2D eigenvalue weighted by atomic mass is 10.2. The van der Waals surface area contributed by atoms with Gasteiger partial charge in [0.2, 0.25) is 0 Å². The second-order valence-electron chi connectivity index (χ2n) is 4.02. The van der Waals surface area contributed by atoms with Crippen molar-refractivity contribution in [2.24, 2.45) is 0 Å². The average molecular weight is 270 g/mol. The highest BCUT2D eigenvalue weighted by Crippen LogP contribution is 2.32. The van der Waals surface area contributed by atoms with E-state index in [1.54, 1.807) is 14.2 Å². The van der Waals surface area contributed by atoms with Crippen molar-refractivity contribution in [2.75, 3.05) is 33.3 Å². The van der Waals surface area contributed by atoms with Crippen molar-refractivity contribution in [3.05, 3.63) is 18.0 Å². The van der Waals surface area contributed by atoms with E-state index in [0.29, 0.717) is 17.4 Å². The number of hydrogen-bond donors (Lipinski definition) is 0. The summed E-state index contributed by atoms with van der Waals surface area (Å²) in [5, 5.41) is 1.93. The lowest BCUT2D eigenvalue weighted by Gasteiger charge is -2.17. The first kappa shape index (κ1) is 12.8. The minimum absolute atomic E-state index is 0.345. The standard InChI is InChI=1S/C12H16ClN3O2/c1-15(2)16-9-6-11(18-4)10(17-3)5-8(9)14-12(16)7-13/h5-6H,7H2,1-4H3. The molecule has 1 aromatic carbocycles. The Bertz CT molecular complexity index is 566. The minimum atomic E-state index is 0.345. The van der Waals surface area contributed by atoms with E-state index >= 15 is 0 Å². The summed E-state index contributed by atoms with van der Waals surface area (Å²) in [6.45, 7) is 0. The van der Waals surface area contributed by atoms with E-state index in [0.717, 1.165) is 16.9 Å². The molecule has 1 heterocycles. The summed E-state index contributed by atoms with van der Waals surface area (Å²) in [6.07, 6.45) is 0. The smallest absolute Gasteiger partial charge is 0.163 e. The molecule has 0 aliphatic carbocycles. The minimum Gasteiger partial charge on any atom is -0.493 e. The predicted molar refractivity (Wildman–Crippen MR) is 72.5 cm³/mol. The first-order valence-corrected chi connectivity index (χ1v) is 6.02. The normalized spacial score (nSPS) is 10.7. The third kappa shape index (κ3) is 1.95. The van der Waals surface area contributed by atoms with Gasteiger partial charge in [-0.1, -0.05) is 0 Å². The van der Waals surface area contributed by atoms with Gasteiger partial charge >= 0.3 is 0 Å². The second-order valence-corrected chi connectivity index (χ2v) is 4.28. The van der Waals surface area contributed by atoms with Gasteiger partial charge in [-0.15, -0.1) is 11.6 Å². The van der Waals surface area contributed by atoms with Gasteiger partial charge in [0, 0.05) is 26.2 Å². The molecule has 0 aliphatic rings. The largest absolute Gasteiger partial charge is 0.493 e. The van der Waals surface area contributed by atoms with E-state index in [9.17, 15) is 0 Å². The zero-order chi connectivity index (χ0) is 13.3. The molecule has 0 radical (unpaired) electrons.